The van der Waals surface area contributed by atoms with Crippen molar-refractivity contribution in [2.75, 3.05) is 39.3 Å². The molecular weight excluding hydrogens is 376 g/mol. The van der Waals surface area contributed by atoms with Gasteiger partial charge < -0.3 is 20.5 Å². The number of aromatic nitrogens is 1. The van der Waals surface area contributed by atoms with Crippen molar-refractivity contribution in [3.8, 4) is 5.88 Å². The van der Waals surface area contributed by atoms with E-state index in [0.29, 0.717) is 44.5 Å². The number of aliphatic hydroxyl groups excluding tert-OH is 1. The molecule has 0 aromatic carbocycles. The highest BCUT2D eigenvalue weighted by Gasteiger charge is 2.31. The summed E-state index contributed by atoms with van der Waals surface area (Å²) >= 11 is 1.71. The van der Waals surface area contributed by atoms with Crippen molar-refractivity contribution in [2.45, 2.75) is 37.2 Å². The summed E-state index contributed by atoms with van der Waals surface area (Å²) in [7, 11) is 0. The highest BCUT2D eigenvalue weighted by Crippen LogP contribution is 2.30. The smallest absolute Gasteiger partial charge is 0.223 e. The minimum Gasteiger partial charge on any atom is -0.473 e. The number of allylic oxidation sites excluding steroid dienone is 1. The van der Waals surface area contributed by atoms with Crippen LogP contribution in [0.3, 0.4) is 0 Å². The van der Waals surface area contributed by atoms with E-state index in [1.54, 1.807) is 16.8 Å². The number of nitrogens with zero attached hydrogens (tertiary/aromatic N) is 3. The summed E-state index contributed by atoms with van der Waals surface area (Å²) in [5.41, 5.74) is 6.68. The largest absolute Gasteiger partial charge is 0.473 e. The first-order valence-electron chi connectivity index (χ1n) is 9.89. The maximum atomic E-state index is 12.1. The molecule has 8 heteroatoms. The second-order valence-electron chi connectivity index (χ2n) is 7.39. The van der Waals surface area contributed by atoms with Crippen LogP contribution in [-0.4, -0.2) is 70.6 Å². The minimum absolute atomic E-state index is 0.187. The molecule has 0 atom stereocenters. The van der Waals surface area contributed by atoms with Crippen LogP contribution in [-0.2, 0) is 4.79 Å². The molecule has 154 valence electrons. The summed E-state index contributed by atoms with van der Waals surface area (Å²) in [5, 5.41) is 9.32. The molecule has 2 aliphatic rings. The van der Waals surface area contributed by atoms with Gasteiger partial charge in [0, 0.05) is 56.3 Å². The Labute approximate surface area is 171 Å². The van der Waals surface area contributed by atoms with Crippen LogP contribution in [0, 0.1) is 5.92 Å². The first kappa shape index (κ1) is 21.1. The van der Waals surface area contributed by atoms with Gasteiger partial charge in [0.05, 0.1) is 6.10 Å². The summed E-state index contributed by atoms with van der Waals surface area (Å²) in [6, 6.07) is 3.91. The lowest BCUT2D eigenvalue weighted by molar-refractivity contribution is -0.142. The predicted octanol–water partition coefficient (Wildman–Crippen LogP) is 1.68. The van der Waals surface area contributed by atoms with Gasteiger partial charge in [-0.05, 0) is 49.3 Å². The number of likely N-dealkylation sites (tertiary alicyclic amines) is 1. The maximum absolute atomic E-state index is 12.1. The SMILES string of the molecule is C/C=C(\CN)COc1ccc(SN2CCC(CC(=O)N3CC(O)C3)CC2)cn1. The summed E-state index contributed by atoms with van der Waals surface area (Å²) in [6.45, 7) is 5.84. The van der Waals surface area contributed by atoms with Gasteiger partial charge in [-0.15, -0.1) is 0 Å². The van der Waals surface area contributed by atoms with Gasteiger partial charge in [-0.1, -0.05) is 6.08 Å². The highest BCUT2D eigenvalue weighted by molar-refractivity contribution is 7.97. The molecule has 0 radical (unpaired) electrons. The molecule has 1 amide bonds. The van der Waals surface area contributed by atoms with E-state index in [4.69, 9.17) is 10.5 Å². The van der Waals surface area contributed by atoms with Crippen molar-refractivity contribution in [1.82, 2.24) is 14.2 Å². The molecule has 2 fully saturated rings. The topological polar surface area (TPSA) is 91.9 Å². The van der Waals surface area contributed by atoms with Crippen LogP contribution in [0.5, 0.6) is 5.88 Å². The Morgan fingerprint density at radius 2 is 2.14 bits per heavy atom. The summed E-state index contributed by atoms with van der Waals surface area (Å²) < 4.78 is 7.98. The number of carbonyl (C=O) groups excluding carboxylic acids is 1. The third kappa shape index (κ3) is 5.94. The number of hydrogen-bond acceptors (Lipinski definition) is 7. The molecule has 28 heavy (non-hydrogen) atoms. The van der Waals surface area contributed by atoms with E-state index in [9.17, 15) is 9.90 Å². The number of nitrogens with two attached hydrogens (primary N) is 1. The van der Waals surface area contributed by atoms with Gasteiger partial charge in [-0.25, -0.2) is 9.29 Å². The highest BCUT2D eigenvalue weighted by atomic mass is 32.2. The van der Waals surface area contributed by atoms with Crippen LogP contribution >= 0.6 is 11.9 Å². The lowest BCUT2D eigenvalue weighted by atomic mass is 9.93. The fraction of sp³-hybridized carbons (Fsp3) is 0.600. The van der Waals surface area contributed by atoms with Gasteiger partial charge >= 0.3 is 0 Å². The van der Waals surface area contributed by atoms with Gasteiger partial charge in [0.1, 0.15) is 6.61 Å². The molecule has 0 bridgehead atoms. The van der Waals surface area contributed by atoms with E-state index in [1.165, 1.54) is 0 Å². The van der Waals surface area contributed by atoms with Gasteiger partial charge in [0.2, 0.25) is 11.8 Å². The maximum Gasteiger partial charge on any atom is 0.223 e. The summed E-state index contributed by atoms with van der Waals surface area (Å²) in [4.78, 5) is 19.4. The molecular formula is C20H30N4O3S. The zero-order chi connectivity index (χ0) is 19.9. The van der Waals surface area contributed by atoms with Crippen LogP contribution in [0.4, 0.5) is 0 Å². The van der Waals surface area contributed by atoms with Crippen molar-refractivity contribution < 1.29 is 14.6 Å². The third-order valence-corrected chi connectivity index (χ3v) is 6.35. The fourth-order valence-corrected chi connectivity index (χ4v) is 4.24. The van der Waals surface area contributed by atoms with E-state index in [1.807, 2.05) is 31.3 Å². The lowest BCUT2D eigenvalue weighted by Crippen LogP contribution is -2.53. The number of ether oxygens (including phenoxy) is 1. The van der Waals surface area contributed by atoms with E-state index in [2.05, 4.69) is 9.29 Å². The van der Waals surface area contributed by atoms with Crippen molar-refractivity contribution in [3.63, 3.8) is 0 Å². The number of β-amino-alcohol motifs (C(OH)–C–C–N with tert-alkyl or cyclic N) is 1. The van der Waals surface area contributed by atoms with E-state index in [-0.39, 0.29) is 12.0 Å². The van der Waals surface area contributed by atoms with Crippen LogP contribution in [0.25, 0.3) is 0 Å². The van der Waals surface area contributed by atoms with Gasteiger partial charge in [0.25, 0.3) is 0 Å². The van der Waals surface area contributed by atoms with Crippen molar-refractivity contribution in [1.29, 1.82) is 0 Å². The molecule has 1 aromatic heterocycles. The van der Waals surface area contributed by atoms with Crippen LogP contribution in [0.2, 0.25) is 0 Å². The van der Waals surface area contributed by atoms with Crippen molar-refractivity contribution >= 4 is 17.9 Å². The lowest BCUT2D eigenvalue weighted by Gasteiger charge is -2.37. The van der Waals surface area contributed by atoms with Crippen LogP contribution < -0.4 is 10.5 Å². The Hall–Kier alpha value is -1.61. The van der Waals surface area contributed by atoms with E-state index >= 15 is 0 Å². The van der Waals surface area contributed by atoms with E-state index < -0.39 is 0 Å². The normalized spacial score (nSPS) is 19.5. The second kappa shape index (κ2) is 10.2. The molecule has 3 rings (SSSR count). The monoisotopic (exact) mass is 406 g/mol. The Morgan fingerprint density at radius 1 is 1.39 bits per heavy atom. The van der Waals surface area contributed by atoms with Crippen LogP contribution in [0.15, 0.2) is 34.9 Å². The number of rotatable bonds is 8. The zero-order valence-electron chi connectivity index (χ0n) is 16.4. The first-order chi connectivity index (χ1) is 13.6. The minimum atomic E-state index is -0.321. The second-order valence-corrected chi connectivity index (χ2v) is 8.56. The summed E-state index contributed by atoms with van der Waals surface area (Å²) in [6.07, 6.45) is 6.13. The molecule has 3 N–H and O–H groups in total. The fourth-order valence-electron chi connectivity index (χ4n) is 3.32. The van der Waals surface area contributed by atoms with E-state index in [0.717, 1.165) is 36.4 Å². The quantitative estimate of drug-likeness (QED) is 0.501. The molecule has 0 saturated carbocycles. The Balaban J connectivity index is 1.38. The third-order valence-electron chi connectivity index (χ3n) is 5.27. The van der Waals surface area contributed by atoms with Crippen LogP contribution in [0.1, 0.15) is 26.2 Å². The number of aliphatic hydroxyl groups is 1. The molecule has 0 aliphatic carbocycles. The zero-order valence-corrected chi connectivity index (χ0v) is 17.2. The van der Waals surface area contributed by atoms with Crippen molar-refractivity contribution in [2.24, 2.45) is 11.7 Å². The molecule has 0 spiro atoms. The first-order valence-corrected chi connectivity index (χ1v) is 10.7. The average Bonchev–Trinajstić information content (AvgIpc) is 2.69. The van der Waals surface area contributed by atoms with Crippen molar-refractivity contribution in [3.05, 3.63) is 30.0 Å². The average molecular weight is 407 g/mol. The standard InChI is InChI=1S/C20H30N4O3S/c1-2-15(10-21)14-27-19-4-3-18(11-22-19)28-24-7-5-16(6-8-24)9-20(26)23-12-17(25)13-23/h2-4,11,16-17,25H,5-10,12-14,21H2,1H3/b15-2+. The Morgan fingerprint density at radius 3 is 2.71 bits per heavy atom. The summed E-state index contributed by atoms with van der Waals surface area (Å²) in [5.74, 6) is 1.23. The number of carbonyl (C=O) groups is 1. The predicted molar refractivity (Wildman–Crippen MR) is 110 cm³/mol. The number of hydrogen-bond donors (Lipinski definition) is 2. The molecule has 2 saturated heterocycles. The number of amides is 1. The molecule has 2 aliphatic heterocycles. The number of pyridine rings is 1. The molecule has 7 nitrogen and oxygen atoms in total. The number of piperidine rings is 1. The molecule has 0 unspecified atom stereocenters. The Bertz CT molecular complexity index is 669. The Kier molecular flexibility index (Phi) is 7.73. The molecule has 1 aromatic rings. The van der Waals surface area contributed by atoms with Gasteiger partial charge in [0.15, 0.2) is 0 Å². The molecule has 3 heterocycles. The van der Waals surface area contributed by atoms with Gasteiger partial charge in [-0.2, -0.15) is 0 Å². The van der Waals surface area contributed by atoms with Gasteiger partial charge in [-0.3, -0.25) is 4.79 Å².